The van der Waals surface area contributed by atoms with Crippen molar-refractivity contribution in [2.24, 2.45) is 7.05 Å². The largest absolute Gasteiger partial charge is 0.387 e. The summed E-state index contributed by atoms with van der Waals surface area (Å²) in [6.45, 7) is 0.0373. The fourth-order valence-corrected chi connectivity index (χ4v) is 2.25. The third-order valence-corrected chi connectivity index (χ3v) is 3.43. The highest BCUT2D eigenvalue weighted by atomic mass is 35.5. The third-order valence-electron chi connectivity index (χ3n) is 3.09. The van der Waals surface area contributed by atoms with Gasteiger partial charge in [0.25, 0.3) is 5.91 Å². The van der Waals surface area contributed by atoms with Crippen molar-refractivity contribution in [3.8, 4) is 6.07 Å². The first-order valence-electron chi connectivity index (χ1n) is 6.30. The van der Waals surface area contributed by atoms with E-state index < -0.39 is 6.10 Å². The second kappa shape index (κ2) is 6.44. The quantitative estimate of drug-likeness (QED) is 0.907. The van der Waals surface area contributed by atoms with Crippen molar-refractivity contribution in [2.75, 3.05) is 6.54 Å². The summed E-state index contributed by atoms with van der Waals surface area (Å²) in [5.41, 5.74) is 1.33. The number of rotatable bonds is 4. The smallest absolute Gasteiger partial charge is 0.268 e. The molecule has 2 aromatic rings. The minimum absolute atomic E-state index is 0.0373. The van der Waals surface area contributed by atoms with E-state index in [-0.39, 0.29) is 12.5 Å². The molecule has 0 fully saturated rings. The Morgan fingerprint density at radius 2 is 2.24 bits per heavy atom. The van der Waals surface area contributed by atoms with Crippen LogP contribution in [0.2, 0.25) is 5.02 Å². The number of halogens is 1. The van der Waals surface area contributed by atoms with Gasteiger partial charge in [-0.1, -0.05) is 29.8 Å². The van der Waals surface area contributed by atoms with Gasteiger partial charge in [-0.15, -0.1) is 0 Å². The van der Waals surface area contributed by atoms with Gasteiger partial charge in [-0.05, 0) is 12.1 Å². The number of nitriles is 1. The average molecular weight is 304 g/mol. The SMILES string of the molecule is Cn1cc(C#N)cc1C(=O)NCC(O)c1ccccc1Cl. The van der Waals surface area contributed by atoms with E-state index in [1.807, 2.05) is 6.07 Å². The average Bonchev–Trinajstić information content (AvgIpc) is 2.86. The molecular formula is C15H14ClN3O2. The Balaban J connectivity index is 2.03. The summed E-state index contributed by atoms with van der Waals surface area (Å²) in [4.78, 5) is 12.0. The van der Waals surface area contributed by atoms with Crippen LogP contribution in [-0.4, -0.2) is 22.1 Å². The molecule has 6 heteroatoms. The Kier molecular flexibility index (Phi) is 4.63. The summed E-state index contributed by atoms with van der Waals surface area (Å²) in [7, 11) is 1.68. The molecule has 1 unspecified atom stereocenters. The number of nitrogens with one attached hydrogen (secondary N) is 1. The molecule has 1 amide bonds. The molecular weight excluding hydrogens is 290 g/mol. The van der Waals surface area contributed by atoms with Gasteiger partial charge in [0.15, 0.2) is 0 Å². The molecule has 0 aliphatic carbocycles. The van der Waals surface area contributed by atoms with Crippen LogP contribution in [0.5, 0.6) is 0 Å². The molecule has 1 aromatic heterocycles. The van der Waals surface area contributed by atoms with Crippen molar-refractivity contribution in [1.82, 2.24) is 9.88 Å². The monoisotopic (exact) mass is 303 g/mol. The van der Waals surface area contributed by atoms with Gasteiger partial charge in [0.05, 0.1) is 11.7 Å². The maximum absolute atomic E-state index is 12.0. The van der Waals surface area contributed by atoms with E-state index in [1.165, 1.54) is 6.07 Å². The zero-order chi connectivity index (χ0) is 15.4. The minimum atomic E-state index is -0.890. The van der Waals surface area contributed by atoms with Crippen LogP contribution < -0.4 is 5.32 Å². The normalized spacial score (nSPS) is 11.7. The standard InChI is InChI=1S/C15H14ClN3O2/c1-19-9-10(7-17)6-13(19)15(21)18-8-14(20)11-4-2-3-5-12(11)16/h2-6,9,14,20H,8H2,1H3,(H,18,21). The minimum Gasteiger partial charge on any atom is -0.387 e. The number of amides is 1. The highest BCUT2D eigenvalue weighted by Gasteiger charge is 2.15. The van der Waals surface area contributed by atoms with E-state index in [0.29, 0.717) is 21.8 Å². The van der Waals surface area contributed by atoms with E-state index in [9.17, 15) is 9.90 Å². The van der Waals surface area contributed by atoms with Crippen LogP contribution in [0.15, 0.2) is 36.5 Å². The number of aryl methyl sites for hydroxylation is 1. The van der Waals surface area contributed by atoms with Gasteiger partial charge in [0, 0.05) is 30.4 Å². The molecule has 1 aromatic carbocycles. The summed E-state index contributed by atoms with van der Waals surface area (Å²) >= 11 is 5.99. The topological polar surface area (TPSA) is 78.0 Å². The zero-order valence-electron chi connectivity index (χ0n) is 11.4. The van der Waals surface area contributed by atoms with Crippen LogP contribution in [0.25, 0.3) is 0 Å². The molecule has 1 heterocycles. The fourth-order valence-electron chi connectivity index (χ4n) is 1.99. The van der Waals surface area contributed by atoms with Gasteiger partial charge in [-0.2, -0.15) is 5.26 Å². The maximum atomic E-state index is 12.0. The molecule has 2 rings (SSSR count). The first kappa shape index (κ1) is 15.1. The number of aliphatic hydroxyl groups is 1. The predicted molar refractivity (Wildman–Crippen MR) is 78.9 cm³/mol. The Morgan fingerprint density at radius 3 is 2.86 bits per heavy atom. The number of nitrogens with zero attached hydrogens (tertiary/aromatic N) is 2. The maximum Gasteiger partial charge on any atom is 0.268 e. The van der Waals surface area contributed by atoms with E-state index in [0.717, 1.165) is 0 Å². The highest BCUT2D eigenvalue weighted by Crippen LogP contribution is 2.21. The number of aliphatic hydroxyl groups excluding tert-OH is 1. The Hall–Kier alpha value is -2.29. The van der Waals surface area contributed by atoms with Crippen LogP contribution >= 0.6 is 11.6 Å². The molecule has 0 aliphatic rings. The highest BCUT2D eigenvalue weighted by molar-refractivity contribution is 6.31. The van der Waals surface area contributed by atoms with Crippen LogP contribution in [0, 0.1) is 11.3 Å². The second-order valence-corrected chi connectivity index (χ2v) is 4.99. The van der Waals surface area contributed by atoms with Crippen LogP contribution in [-0.2, 0) is 7.05 Å². The van der Waals surface area contributed by atoms with Gasteiger partial charge in [-0.3, -0.25) is 4.79 Å². The van der Waals surface area contributed by atoms with Gasteiger partial charge in [-0.25, -0.2) is 0 Å². The third kappa shape index (κ3) is 3.43. The molecule has 108 valence electrons. The number of hydrogen-bond donors (Lipinski definition) is 2. The molecule has 5 nitrogen and oxygen atoms in total. The summed E-state index contributed by atoms with van der Waals surface area (Å²) in [6.07, 6.45) is 0.678. The first-order chi connectivity index (χ1) is 10.0. The molecule has 21 heavy (non-hydrogen) atoms. The molecule has 0 saturated heterocycles. The molecule has 2 N–H and O–H groups in total. The fraction of sp³-hybridized carbons (Fsp3) is 0.200. The summed E-state index contributed by atoms with van der Waals surface area (Å²) in [5.74, 6) is -0.356. The van der Waals surface area contributed by atoms with E-state index in [2.05, 4.69) is 5.32 Å². The summed E-state index contributed by atoms with van der Waals surface area (Å²) in [5, 5.41) is 21.9. The number of aromatic nitrogens is 1. The number of carbonyl (C=O) groups is 1. The Bertz CT molecular complexity index is 703. The van der Waals surface area contributed by atoms with Crippen molar-refractivity contribution >= 4 is 17.5 Å². The van der Waals surface area contributed by atoms with Crippen LogP contribution in [0.4, 0.5) is 0 Å². The molecule has 0 radical (unpaired) electrons. The van der Waals surface area contributed by atoms with Crippen molar-refractivity contribution < 1.29 is 9.90 Å². The van der Waals surface area contributed by atoms with Crippen molar-refractivity contribution in [2.45, 2.75) is 6.10 Å². The van der Waals surface area contributed by atoms with Crippen LogP contribution in [0.1, 0.15) is 27.7 Å². The predicted octanol–water partition coefficient (Wildman–Crippen LogP) is 2.01. The molecule has 1 atom stereocenters. The van der Waals surface area contributed by atoms with Gasteiger partial charge in [0.1, 0.15) is 11.8 Å². The second-order valence-electron chi connectivity index (χ2n) is 4.58. The molecule has 0 saturated carbocycles. The lowest BCUT2D eigenvalue weighted by Crippen LogP contribution is -2.29. The van der Waals surface area contributed by atoms with Crippen LogP contribution in [0.3, 0.4) is 0 Å². The molecule has 0 aliphatic heterocycles. The number of benzene rings is 1. The Labute approximate surface area is 127 Å². The lowest BCUT2D eigenvalue weighted by atomic mass is 10.1. The lowest BCUT2D eigenvalue weighted by Gasteiger charge is -2.13. The van der Waals surface area contributed by atoms with E-state index >= 15 is 0 Å². The lowest BCUT2D eigenvalue weighted by molar-refractivity contribution is 0.0908. The van der Waals surface area contributed by atoms with E-state index in [4.69, 9.17) is 16.9 Å². The van der Waals surface area contributed by atoms with Crippen molar-refractivity contribution in [3.05, 3.63) is 58.4 Å². The van der Waals surface area contributed by atoms with E-state index in [1.54, 1.807) is 42.1 Å². The van der Waals surface area contributed by atoms with Crippen molar-refractivity contribution in [3.63, 3.8) is 0 Å². The molecule has 0 spiro atoms. The number of hydrogen-bond acceptors (Lipinski definition) is 3. The number of carbonyl (C=O) groups excluding carboxylic acids is 1. The van der Waals surface area contributed by atoms with Crippen molar-refractivity contribution in [1.29, 1.82) is 5.26 Å². The molecule has 0 bridgehead atoms. The Morgan fingerprint density at radius 1 is 1.52 bits per heavy atom. The van der Waals surface area contributed by atoms with Gasteiger partial charge >= 0.3 is 0 Å². The first-order valence-corrected chi connectivity index (χ1v) is 6.68. The van der Waals surface area contributed by atoms with Gasteiger partial charge in [0.2, 0.25) is 0 Å². The van der Waals surface area contributed by atoms with Gasteiger partial charge < -0.3 is 15.0 Å². The zero-order valence-corrected chi connectivity index (χ0v) is 12.1. The summed E-state index contributed by atoms with van der Waals surface area (Å²) in [6, 6.07) is 10.4. The summed E-state index contributed by atoms with van der Waals surface area (Å²) < 4.78 is 1.57.